The molecule has 0 atom stereocenters. The summed E-state index contributed by atoms with van der Waals surface area (Å²) in [6.45, 7) is 5.65. The third kappa shape index (κ3) is 4.74. The molecular weight excluding hydrogens is 356 g/mol. The molecule has 0 aliphatic heterocycles. The molecular formula is C22H22N2O2S. The predicted octanol–water partition coefficient (Wildman–Crippen LogP) is 5.04. The van der Waals surface area contributed by atoms with E-state index in [1.54, 1.807) is 24.3 Å². The number of benzene rings is 2. The highest BCUT2D eigenvalue weighted by Crippen LogP contribution is 2.26. The number of thioether (sulfide) groups is 1. The summed E-state index contributed by atoms with van der Waals surface area (Å²) in [5.41, 5.74) is 4.47. The molecule has 2 aromatic carbocycles. The fraction of sp³-hybridized carbons (Fsp3) is 0.227. The molecule has 1 N–H and O–H groups in total. The molecule has 3 aromatic rings. The predicted molar refractivity (Wildman–Crippen MR) is 112 cm³/mol. The number of nitrogens with zero attached hydrogens (tertiary/aromatic N) is 1. The molecule has 0 aliphatic rings. The number of nitrogens with one attached hydrogen (secondary N) is 1. The number of hydrogen-bond acceptors (Lipinski definition) is 4. The Morgan fingerprint density at radius 1 is 1.11 bits per heavy atom. The van der Waals surface area contributed by atoms with Gasteiger partial charge >= 0.3 is 0 Å². The van der Waals surface area contributed by atoms with E-state index in [1.165, 1.54) is 24.2 Å². The second-order valence-electron chi connectivity index (χ2n) is 6.48. The number of carbonyl (C=O) groups excluding carboxylic acids is 2. The average Bonchev–Trinajstić information content (AvgIpc) is 2.65. The Bertz CT molecular complexity index is 1010. The van der Waals surface area contributed by atoms with Crippen molar-refractivity contribution < 1.29 is 9.59 Å². The van der Waals surface area contributed by atoms with Crippen LogP contribution in [-0.4, -0.2) is 22.4 Å². The van der Waals surface area contributed by atoms with Gasteiger partial charge in [0.25, 0.3) is 0 Å². The number of carbonyl (C=O) groups is 2. The molecule has 5 heteroatoms. The number of Topliss-reactive ketones (excluding diaryl/α,β-unsaturated/α-hetero) is 1. The van der Waals surface area contributed by atoms with Crippen molar-refractivity contribution in [3.05, 3.63) is 65.2 Å². The Morgan fingerprint density at radius 2 is 1.93 bits per heavy atom. The van der Waals surface area contributed by atoms with Gasteiger partial charge in [-0.05, 0) is 55.7 Å². The van der Waals surface area contributed by atoms with Gasteiger partial charge in [0.1, 0.15) is 5.03 Å². The zero-order chi connectivity index (χ0) is 19.4. The Balaban J connectivity index is 1.73. The number of rotatable bonds is 6. The monoisotopic (exact) mass is 378 g/mol. The molecule has 0 saturated carbocycles. The van der Waals surface area contributed by atoms with Crippen LogP contribution < -0.4 is 5.32 Å². The van der Waals surface area contributed by atoms with Gasteiger partial charge in [0.15, 0.2) is 5.78 Å². The van der Waals surface area contributed by atoms with Crippen molar-refractivity contribution in [1.29, 1.82) is 0 Å². The number of fused-ring (bicyclic) bond motifs is 1. The smallest absolute Gasteiger partial charge is 0.234 e. The molecule has 27 heavy (non-hydrogen) atoms. The van der Waals surface area contributed by atoms with Crippen LogP contribution in [0.15, 0.2) is 53.6 Å². The van der Waals surface area contributed by atoms with E-state index in [1.807, 2.05) is 6.92 Å². The van der Waals surface area contributed by atoms with Gasteiger partial charge < -0.3 is 5.32 Å². The first-order valence-electron chi connectivity index (χ1n) is 8.90. The van der Waals surface area contributed by atoms with Gasteiger partial charge in [-0.3, -0.25) is 9.59 Å². The summed E-state index contributed by atoms with van der Waals surface area (Å²) in [5, 5.41) is 4.86. The van der Waals surface area contributed by atoms with Gasteiger partial charge in [-0.25, -0.2) is 4.98 Å². The number of aryl methyl sites for hydroxylation is 2. The molecule has 0 aliphatic carbocycles. The number of ketones is 1. The maximum absolute atomic E-state index is 12.3. The quantitative estimate of drug-likeness (QED) is 0.482. The van der Waals surface area contributed by atoms with E-state index in [9.17, 15) is 9.59 Å². The molecule has 0 fully saturated rings. The molecule has 138 valence electrons. The van der Waals surface area contributed by atoms with Crippen LogP contribution >= 0.6 is 11.8 Å². The summed E-state index contributed by atoms with van der Waals surface area (Å²) in [6.07, 6.45) is 0.863. The van der Waals surface area contributed by atoms with Gasteiger partial charge in [0.2, 0.25) is 5.91 Å². The second-order valence-corrected chi connectivity index (χ2v) is 7.44. The Hall–Kier alpha value is -2.66. The maximum Gasteiger partial charge on any atom is 0.234 e. The van der Waals surface area contributed by atoms with Crippen molar-refractivity contribution in [3.63, 3.8) is 0 Å². The van der Waals surface area contributed by atoms with E-state index in [2.05, 4.69) is 36.5 Å². The van der Waals surface area contributed by atoms with Crippen LogP contribution in [0.25, 0.3) is 10.9 Å². The van der Waals surface area contributed by atoms with Crippen LogP contribution in [0, 0.1) is 6.92 Å². The molecule has 4 nitrogen and oxygen atoms in total. The van der Waals surface area contributed by atoms with Crippen molar-refractivity contribution in [2.24, 2.45) is 0 Å². The highest BCUT2D eigenvalue weighted by Gasteiger charge is 2.10. The average molecular weight is 378 g/mol. The van der Waals surface area contributed by atoms with E-state index in [0.29, 0.717) is 11.3 Å². The standard InChI is InChI=1S/C22H22N2O2S/c1-4-16-11-18-9-8-14(2)10-20(18)24-22(16)27-13-21(26)23-19-7-5-6-17(12-19)15(3)25/h5-12H,4,13H2,1-3H3,(H,23,26). The lowest BCUT2D eigenvalue weighted by molar-refractivity contribution is -0.113. The van der Waals surface area contributed by atoms with Crippen LogP contribution in [0.1, 0.15) is 35.3 Å². The Kier molecular flexibility index (Phi) is 5.91. The van der Waals surface area contributed by atoms with Crippen molar-refractivity contribution in [1.82, 2.24) is 4.98 Å². The van der Waals surface area contributed by atoms with Crippen molar-refractivity contribution in [3.8, 4) is 0 Å². The molecule has 1 heterocycles. The van der Waals surface area contributed by atoms with Gasteiger partial charge in [-0.2, -0.15) is 0 Å². The minimum Gasteiger partial charge on any atom is -0.325 e. The summed E-state index contributed by atoms with van der Waals surface area (Å²) >= 11 is 1.44. The molecule has 3 rings (SSSR count). The van der Waals surface area contributed by atoms with Crippen LogP contribution in [-0.2, 0) is 11.2 Å². The van der Waals surface area contributed by atoms with Gasteiger partial charge in [-0.15, -0.1) is 0 Å². The highest BCUT2D eigenvalue weighted by atomic mass is 32.2. The van der Waals surface area contributed by atoms with Gasteiger partial charge in [0, 0.05) is 16.6 Å². The minimum absolute atomic E-state index is 0.0243. The molecule has 0 radical (unpaired) electrons. The highest BCUT2D eigenvalue weighted by molar-refractivity contribution is 8.00. The van der Waals surface area contributed by atoms with Crippen LogP contribution in [0.5, 0.6) is 0 Å². The summed E-state index contributed by atoms with van der Waals surface area (Å²) in [7, 11) is 0. The zero-order valence-electron chi connectivity index (χ0n) is 15.7. The first kappa shape index (κ1) is 19.1. The third-order valence-corrected chi connectivity index (χ3v) is 5.32. The molecule has 0 spiro atoms. The Labute approximate surface area is 163 Å². The first-order valence-corrected chi connectivity index (χ1v) is 9.88. The molecule has 0 unspecified atom stereocenters. The number of anilines is 1. The lowest BCUT2D eigenvalue weighted by atomic mass is 10.1. The van der Waals surface area contributed by atoms with Crippen molar-refractivity contribution in [2.45, 2.75) is 32.2 Å². The van der Waals surface area contributed by atoms with Crippen molar-refractivity contribution in [2.75, 3.05) is 11.1 Å². The number of aromatic nitrogens is 1. The number of hydrogen-bond donors (Lipinski definition) is 1. The minimum atomic E-state index is -0.117. The fourth-order valence-electron chi connectivity index (χ4n) is 2.83. The molecule has 0 bridgehead atoms. The molecule has 0 saturated heterocycles. The summed E-state index contributed by atoms with van der Waals surface area (Å²) in [6, 6.07) is 15.4. The van der Waals surface area contributed by atoms with Gasteiger partial charge in [-0.1, -0.05) is 43.0 Å². The lowest BCUT2D eigenvalue weighted by Gasteiger charge is -2.10. The lowest BCUT2D eigenvalue weighted by Crippen LogP contribution is -2.14. The van der Waals surface area contributed by atoms with E-state index in [-0.39, 0.29) is 17.4 Å². The van der Waals surface area contributed by atoms with Crippen LogP contribution in [0.4, 0.5) is 5.69 Å². The van der Waals surface area contributed by atoms with E-state index in [0.717, 1.165) is 27.9 Å². The maximum atomic E-state index is 12.3. The largest absolute Gasteiger partial charge is 0.325 e. The van der Waals surface area contributed by atoms with Crippen LogP contribution in [0.3, 0.4) is 0 Å². The topological polar surface area (TPSA) is 59.1 Å². The van der Waals surface area contributed by atoms with E-state index >= 15 is 0 Å². The van der Waals surface area contributed by atoms with Gasteiger partial charge in [0.05, 0.1) is 11.3 Å². The molecule has 1 amide bonds. The normalized spacial score (nSPS) is 10.8. The number of amides is 1. The van der Waals surface area contributed by atoms with Crippen molar-refractivity contribution >= 4 is 40.0 Å². The van der Waals surface area contributed by atoms with E-state index < -0.39 is 0 Å². The summed E-state index contributed by atoms with van der Waals surface area (Å²) in [5.74, 6) is 0.124. The summed E-state index contributed by atoms with van der Waals surface area (Å²) in [4.78, 5) is 28.6. The second kappa shape index (κ2) is 8.35. The molecule has 1 aromatic heterocycles. The third-order valence-electron chi connectivity index (χ3n) is 4.29. The fourth-order valence-corrected chi connectivity index (χ4v) is 3.72. The number of pyridine rings is 1. The van der Waals surface area contributed by atoms with E-state index in [4.69, 9.17) is 4.98 Å². The van der Waals surface area contributed by atoms with Crippen LogP contribution in [0.2, 0.25) is 0 Å². The zero-order valence-corrected chi connectivity index (χ0v) is 16.5. The Morgan fingerprint density at radius 3 is 2.67 bits per heavy atom. The first-order chi connectivity index (χ1) is 13.0. The summed E-state index contributed by atoms with van der Waals surface area (Å²) < 4.78 is 0. The SMILES string of the molecule is CCc1cc2ccc(C)cc2nc1SCC(=O)Nc1cccc(C(C)=O)c1.